The Labute approximate surface area is 123 Å². The van der Waals surface area contributed by atoms with Crippen molar-refractivity contribution in [1.29, 1.82) is 0 Å². The number of aryl methyl sites for hydroxylation is 1. The van der Waals surface area contributed by atoms with Crippen molar-refractivity contribution in [1.82, 2.24) is 9.78 Å². The Morgan fingerprint density at radius 1 is 1.63 bits per heavy atom. The van der Waals surface area contributed by atoms with Crippen molar-refractivity contribution in [3.05, 3.63) is 43.4 Å². The van der Waals surface area contributed by atoms with Crippen molar-refractivity contribution in [3.63, 3.8) is 0 Å². The molecule has 2 heterocycles. The first-order chi connectivity index (χ1) is 8.92. The van der Waals surface area contributed by atoms with E-state index in [0.29, 0.717) is 10.2 Å². The first-order valence-corrected chi connectivity index (χ1v) is 7.36. The van der Waals surface area contributed by atoms with Crippen molar-refractivity contribution in [2.75, 3.05) is 11.9 Å². The Balaban J connectivity index is 2.16. The maximum atomic E-state index is 11.7. The normalized spacial score (nSPS) is 14.1. The average molecular weight is 344 g/mol. The van der Waals surface area contributed by atoms with Crippen LogP contribution in [-0.4, -0.2) is 21.4 Å². The molecule has 19 heavy (non-hydrogen) atoms. The summed E-state index contributed by atoms with van der Waals surface area (Å²) in [6, 6.07) is 1.88. The summed E-state index contributed by atoms with van der Waals surface area (Å²) in [4.78, 5) is 11.7. The molecule has 102 valence electrons. The van der Waals surface area contributed by atoms with E-state index in [1.807, 2.05) is 16.8 Å². The first kappa shape index (κ1) is 14.2. The van der Waals surface area contributed by atoms with Gasteiger partial charge in [0.2, 0.25) is 0 Å². The number of anilines is 1. The van der Waals surface area contributed by atoms with Crippen molar-refractivity contribution in [2.24, 2.45) is 7.05 Å². The lowest BCUT2D eigenvalue weighted by Crippen LogP contribution is -2.31. The molecule has 0 bridgehead atoms. The van der Waals surface area contributed by atoms with Gasteiger partial charge in [-0.15, -0.1) is 0 Å². The number of aliphatic hydroxyl groups is 1. The maximum Gasteiger partial charge on any atom is 0.282 e. The molecule has 0 spiro atoms. The number of thiophene rings is 1. The number of hydrogen-bond donors (Lipinski definition) is 2. The average Bonchev–Trinajstić information content (AvgIpc) is 2.90. The third kappa shape index (κ3) is 3.05. The van der Waals surface area contributed by atoms with E-state index in [1.54, 1.807) is 20.2 Å². The van der Waals surface area contributed by atoms with E-state index in [2.05, 4.69) is 26.3 Å². The highest BCUT2D eigenvalue weighted by Crippen LogP contribution is 2.24. The van der Waals surface area contributed by atoms with Gasteiger partial charge in [-0.25, -0.2) is 4.68 Å². The Morgan fingerprint density at radius 3 is 3.00 bits per heavy atom. The molecule has 0 aliphatic heterocycles. The predicted molar refractivity (Wildman–Crippen MR) is 79.6 cm³/mol. The Hall–Kier alpha value is -1.18. The standard InChI is InChI=1S/C12H14BrN3O2S/c1-12(18,8-3-4-19-6-8)7-14-9-5-15-16(2)11(17)10(9)13/h3-6,14,18H,7H2,1-2H3. The molecule has 0 fully saturated rings. The highest BCUT2D eigenvalue weighted by molar-refractivity contribution is 9.10. The van der Waals surface area contributed by atoms with Crippen LogP contribution in [0.15, 0.2) is 32.3 Å². The van der Waals surface area contributed by atoms with Crippen LogP contribution in [0.25, 0.3) is 0 Å². The lowest BCUT2D eigenvalue weighted by molar-refractivity contribution is 0.0720. The molecule has 1 atom stereocenters. The summed E-state index contributed by atoms with van der Waals surface area (Å²) >= 11 is 4.77. The zero-order valence-corrected chi connectivity index (χ0v) is 13.0. The quantitative estimate of drug-likeness (QED) is 0.889. The van der Waals surface area contributed by atoms with E-state index >= 15 is 0 Å². The zero-order valence-electron chi connectivity index (χ0n) is 10.6. The lowest BCUT2D eigenvalue weighted by atomic mass is 9.99. The van der Waals surface area contributed by atoms with Gasteiger partial charge in [0.1, 0.15) is 10.1 Å². The number of rotatable bonds is 4. The van der Waals surface area contributed by atoms with Crippen molar-refractivity contribution in [2.45, 2.75) is 12.5 Å². The molecule has 0 aliphatic carbocycles. The van der Waals surface area contributed by atoms with Crippen LogP contribution in [0, 0.1) is 0 Å². The van der Waals surface area contributed by atoms with Crippen LogP contribution in [0.1, 0.15) is 12.5 Å². The van der Waals surface area contributed by atoms with Crippen LogP contribution in [0.2, 0.25) is 0 Å². The molecule has 2 rings (SSSR count). The van der Waals surface area contributed by atoms with Gasteiger partial charge < -0.3 is 10.4 Å². The topological polar surface area (TPSA) is 67.2 Å². The van der Waals surface area contributed by atoms with Crippen LogP contribution >= 0.6 is 27.3 Å². The maximum absolute atomic E-state index is 11.7. The third-order valence-corrected chi connectivity index (χ3v) is 4.29. The summed E-state index contributed by atoms with van der Waals surface area (Å²) in [5, 5.41) is 21.2. The van der Waals surface area contributed by atoms with Crippen LogP contribution in [0.4, 0.5) is 5.69 Å². The van der Waals surface area contributed by atoms with Gasteiger partial charge in [0, 0.05) is 13.6 Å². The second-order valence-corrected chi connectivity index (χ2v) is 6.01. The number of halogens is 1. The molecular weight excluding hydrogens is 330 g/mol. The minimum Gasteiger partial charge on any atom is -0.384 e. The molecule has 5 nitrogen and oxygen atoms in total. The molecule has 1 unspecified atom stereocenters. The Morgan fingerprint density at radius 2 is 2.37 bits per heavy atom. The number of aromatic nitrogens is 2. The van der Waals surface area contributed by atoms with Gasteiger partial charge in [0.15, 0.2) is 0 Å². The van der Waals surface area contributed by atoms with Crippen LogP contribution < -0.4 is 10.9 Å². The molecule has 0 aromatic carbocycles. The SMILES string of the molecule is Cn1ncc(NCC(C)(O)c2ccsc2)c(Br)c1=O. The summed E-state index contributed by atoms with van der Waals surface area (Å²) in [6.07, 6.45) is 1.55. The van der Waals surface area contributed by atoms with E-state index in [1.165, 1.54) is 16.0 Å². The summed E-state index contributed by atoms with van der Waals surface area (Å²) in [5.41, 5.74) is 0.192. The fraction of sp³-hybridized carbons (Fsp3) is 0.333. The highest BCUT2D eigenvalue weighted by Gasteiger charge is 2.23. The smallest absolute Gasteiger partial charge is 0.282 e. The summed E-state index contributed by atoms with van der Waals surface area (Å²) in [6.45, 7) is 2.02. The van der Waals surface area contributed by atoms with E-state index in [4.69, 9.17) is 0 Å². The van der Waals surface area contributed by atoms with Gasteiger partial charge in [0.25, 0.3) is 5.56 Å². The molecule has 2 N–H and O–H groups in total. The molecule has 0 saturated heterocycles. The second kappa shape index (κ2) is 5.44. The molecule has 0 aliphatic rings. The molecule has 0 saturated carbocycles. The van der Waals surface area contributed by atoms with Gasteiger partial charge in [-0.3, -0.25) is 4.79 Å². The fourth-order valence-electron chi connectivity index (χ4n) is 1.57. The van der Waals surface area contributed by atoms with Gasteiger partial charge in [-0.05, 0) is 45.2 Å². The van der Waals surface area contributed by atoms with Crippen LogP contribution in [-0.2, 0) is 12.6 Å². The largest absolute Gasteiger partial charge is 0.384 e. The number of hydrogen-bond acceptors (Lipinski definition) is 5. The Kier molecular flexibility index (Phi) is 4.07. The minimum absolute atomic E-state index is 0.222. The number of nitrogens with one attached hydrogen (secondary N) is 1. The third-order valence-electron chi connectivity index (χ3n) is 2.84. The van der Waals surface area contributed by atoms with E-state index in [-0.39, 0.29) is 12.1 Å². The first-order valence-electron chi connectivity index (χ1n) is 5.62. The van der Waals surface area contributed by atoms with Crippen LogP contribution in [0.5, 0.6) is 0 Å². The summed E-state index contributed by atoms with van der Waals surface area (Å²) in [7, 11) is 1.58. The van der Waals surface area contributed by atoms with E-state index < -0.39 is 5.60 Å². The second-order valence-electron chi connectivity index (χ2n) is 4.44. The highest BCUT2D eigenvalue weighted by atomic mass is 79.9. The molecular formula is C12H14BrN3O2S. The van der Waals surface area contributed by atoms with Crippen LogP contribution in [0.3, 0.4) is 0 Å². The predicted octanol–water partition coefficient (Wildman–Crippen LogP) is 1.92. The van der Waals surface area contributed by atoms with Crippen molar-refractivity contribution < 1.29 is 5.11 Å². The van der Waals surface area contributed by atoms with Gasteiger partial charge in [0.05, 0.1) is 11.9 Å². The van der Waals surface area contributed by atoms with Gasteiger partial charge in [-0.2, -0.15) is 16.4 Å². The van der Waals surface area contributed by atoms with Gasteiger partial charge >= 0.3 is 0 Å². The summed E-state index contributed by atoms with van der Waals surface area (Å²) < 4.78 is 1.65. The molecule has 7 heteroatoms. The minimum atomic E-state index is -0.999. The molecule has 2 aromatic rings. The van der Waals surface area contributed by atoms with E-state index in [9.17, 15) is 9.90 Å². The van der Waals surface area contributed by atoms with Gasteiger partial charge in [-0.1, -0.05) is 0 Å². The van der Waals surface area contributed by atoms with Crippen molar-refractivity contribution in [3.8, 4) is 0 Å². The molecule has 0 radical (unpaired) electrons. The monoisotopic (exact) mass is 343 g/mol. The lowest BCUT2D eigenvalue weighted by Gasteiger charge is -2.23. The Bertz CT molecular complexity index is 622. The van der Waals surface area contributed by atoms with Crippen molar-refractivity contribution >= 4 is 33.0 Å². The van der Waals surface area contributed by atoms with E-state index in [0.717, 1.165) is 5.56 Å². The zero-order chi connectivity index (χ0) is 14.0. The number of nitrogens with zero attached hydrogens (tertiary/aromatic N) is 2. The molecule has 0 amide bonds. The molecule has 2 aromatic heterocycles. The summed E-state index contributed by atoms with van der Waals surface area (Å²) in [5.74, 6) is 0. The fourth-order valence-corrected chi connectivity index (χ4v) is 2.86.